The van der Waals surface area contributed by atoms with E-state index in [1.54, 1.807) is 0 Å². The van der Waals surface area contributed by atoms with Gasteiger partial charge in [-0.05, 0) is 12.3 Å². The van der Waals surface area contributed by atoms with Crippen molar-refractivity contribution >= 4 is 17.3 Å². The number of hydrogen-bond donors (Lipinski definition) is 0. The van der Waals surface area contributed by atoms with Crippen LogP contribution in [0.25, 0.3) is 0 Å². The Morgan fingerprint density at radius 2 is 2.14 bits per heavy atom. The largest absolute Gasteiger partial charge is 0.740 e. The Hall–Kier alpha value is -0.420. The summed E-state index contributed by atoms with van der Waals surface area (Å²) in [5.74, 6) is -0.218. The summed E-state index contributed by atoms with van der Waals surface area (Å²) in [6, 6.07) is 0. The summed E-state index contributed by atoms with van der Waals surface area (Å²) in [7, 11) is 0. The van der Waals surface area contributed by atoms with Crippen LogP contribution in [0.2, 0.25) is 0 Å². The molecule has 0 saturated heterocycles. The minimum absolute atomic E-state index is 0.179. The minimum Gasteiger partial charge on any atom is -0.740 e. The van der Waals surface area contributed by atoms with Crippen LogP contribution in [0.15, 0.2) is 0 Å². The van der Waals surface area contributed by atoms with E-state index in [0.717, 1.165) is 19.3 Å². The Morgan fingerprint density at radius 3 is 2.64 bits per heavy atom. The molecule has 2 atom stereocenters. The zero-order valence-electron chi connectivity index (χ0n) is 8.65. The van der Waals surface area contributed by atoms with Gasteiger partial charge in [-0.3, -0.25) is 4.79 Å². The second-order valence-corrected chi connectivity index (χ2v) is 4.02. The maximum absolute atomic E-state index is 10.8. The van der Waals surface area contributed by atoms with E-state index in [2.05, 4.69) is 18.0 Å². The highest BCUT2D eigenvalue weighted by atomic mass is 32.2. The molecule has 0 amide bonds. The first-order valence-corrected chi connectivity index (χ1v) is 5.86. The molecule has 0 aromatic carbocycles. The number of rotatable bonds is 7. The van der Waals surface area contributed by atoms with Gasteiger partial charge in [0.1, 0.15) is 11.4 Å². The quantitative estimate of drug-likeness (QED) is 0.616. The first-order chi connectivity index (χ1) is 6.56. The Bertz CT molecular complexity index is 193. The number of hydrogen-bond acceptors (Lipinski definition) is 4. The standard InChI is InChI=1S/C9H18O4S/c1-3-4-5-8(2)6-7-9(10)13-14(11)12/h8H,3-7H2,1-2H3,(H,11,12)/p-1. The number of carbonyl (C=O) groups is 1. The number of unbranched alkanes of at least 4 members (excludes halogenated alkanes) is 1. The van der Waals surface area contributed by atoms with Gasteiger partial charge in [-0.1, -0.05) is 33.1 Å². The second-order valence-electron chi connectivity index (χ2n) is 3.45. The smallest absolute Gasteiger partial charge is 0.319 e. The molecule has 4 nitrogen and oxygen atoms in total. The summed E-state index contributed by atoms with van der Waals surface area (Å²) in [6.07, 6.45) is 4.22. The molecule has 0 radical (unpaired) electrons. The van der Waals surface area contributed by atoms with Gasteiger partial charge in [0.15, 0.2) is 0 Å². The average Bonchev–Trinajstić information content (AvgIpc) is 2.10. The van der Waals surface area contributed by atoms with Crippen molar-refractivity contribution in [1.29, 1.82) is 0 Å². The molecule has 0 heterocycles. The van der Waals surface area contributed by atoms with Crippen LogP contribution in [0.3, 0.4) is 0 Å². The summed E-state index contributed by atoms with van der Waals surface area (Å²) in [4.78, 5) is 10.8. The van der Waals surface area contributed by atoms with Crippen LogP contribution < -0.4 is 0 Å². The van der Waals surface area contributed by atoms with Crippen molar-refractivity contribution < 1.29 is 17.7 Å². The maximum Gasteiger partial charge on any atom is 0.319 e. The minimum atomic E-state index is -2.72. The molecule has 2 unspecified atom stereocenters. The summed E-state index contributed by atoms with van der Waals surface area (Å²) in [5.41, 5.74) is 0. The van der Waals surface area contributed by atoms with E-state index in [4.69, 9.17) is 0 Å². The maximum atomic E-state index is 10.8. The predicted molar refractivity (Wildman–Crippen MR) is 52.9 cm³/mol. The topological polar surface area (TPSA) is 66.4 Å². The molecule has 0 fully saturated rings. The van der Waals surface area contributed by atoms with Gasteiger partial charge in [0.25, 0.3) is 0 Å². The average molecular weight is 221 g/mol. The zero-order valence-corrected chi connectivity index (χ0v) is 9.47. The Kier molecular flexibility index (Phi) is 7.70. The van der Waals surface area contributed by atoms with Crippen LogP contribution in [-0.2, 0) is 20.3 Å². The van der Waals surface area contributed by atoms with Gasteiger partial charge in [0.05, 0.1) is 0 Å². The van der Waals surface area contributed by atoms with E-state index in [0.29, 0.717) is 12.3 Å². The van der Waals surface area contributed by atoms with Crippen LogP contribution in [-0.4, -0.2) is 14.7 Å². The molecule has 84 valence electrons. The van der Waals surface area contributed by atoms with Crippen molar-refractivity contribution in [3.05, 3.63) is 0 Å². The second kappa shape index (κ2) is 7.94. The van der Waals surface area contributed by atoms with Crippen molar-refractivity contribution in [2.75, 3.05) is 0 Å². The fourth-order valence-corrected chi connectivity index (χ4v) is 1.41. The third-order valence-corrected chi connectivity index (χ3v) is 2.37. The van der Waals surface area contributed by atoms with Gasteiger partial charge in [0, 0.05) is 6.42 Å². The molecule has 14 heavy (non-hydrogen) atoms. The molecule has 0 spiro atoms. The van der Waals surface area contributed by atoms with E-state index in [1.165, 1.54) is 0 Å². The lowest BCUT2D eigenvalue weighted by atomic mass is 9.99. The van der Waals surface area contributed by atoms with Crippen LogP contribution in [0.4, 0.5) is 0 Å². The van der Waals surface area contributed by atoms with E-state index in [-0.39, 0.29) is 6.42 Å². The summed E-state index contributed by atoms with van der Waals surface area (Å²) in [6.45, 7) is 4.17. The summed E-state index contributed by atoms with van der Waals surface area (Å²) in [5, 5.41) is 0. The first kappa shape index (κ1) is 13.6. The van der Waals surface area contributed by atoms with Crippen molar-refractivity contribution in [3.8, 4) is 0 Å². The van der Waals surface area contributed by atoms with E-state index >= 15 is 0 Å². The normalized spacial score (nSPS) is 14.8. The SMILES string of the molecule is CCCCC(C)CCC(=O)OS(=O)[O-]. The third kappa shape index (κ3) is 8.19. The van der Waals surface area contributed by atoms with Gasteiger partial charge < -0.3 is 8.74 Å². The molecule has 0 N–H and O–H groups in total. The van der Waals surface area contributed by atoms with Crippen molar-refractivity contribution in [1.82, 2.24) is 0 Å². The Labute approximate surface area is 87.5 Å². The Morgan fingerprint density at radius 1 is 1.50 bits per heavy atom. The van der Waals surface area contributed by atoms with Gasteiger partial charge in [-0.2, -0.15) is 0 Å². The molecule has 0 rings (SSSR count). The van der Waals surface area contributed by atoms with Crippen molar-refractivity contribution in [3.63, 3.8) is 0 Å². The Balaban J connectivity index is 3.50. The fraction of sp³-hybridized carbons (Fsp3) is 0.889. The summed E-state index contributed by atoms with van der Waals surface area (Å²) >= 11 is -2.72. The van der Waals surface area contributed by atoms with E-state index in [9.17, 15) is 13.6 Å². The van der Waals surface area contributed by atoms with E-state index < -0.39 is 17.3 Å². The van der Waals surface area contributed by atoms with Crippen LogP contribution in [0.5, 0.6) is 0 Å². The third-order valence-electron chi connectivity index (χ3n) is 2.05. The molecular weight excluding hydrogens is 204 g/mol. The predicted octanol–water partition coefficient (Wildman–Crippen LogP) is 1.93. The van der Waals surface area contributed by atoms with Crippen molar-refractivity contribution in [2.24, 2.45) is 5.92 Å². The highest BCUT2D eigenvalue weighted by Gasteiger charge is 2.07. The van der Waals surface area contributed by atoms with Crippen LogP contribution >= 0.6 is 0 Å². The van der Waals surface area contributed by atoms with Gasteiger partial charge >= 0.3 is 5.97 Å². The molecule has 0 aliphatic carbocycles. The lowest BCUT2D eigenvalue weighted by Crippen LogP contribution is -2.08. The van der Waals surface area contributed by atoms with E-state index in [1.807, 2.05) is 0 Å². The fourth-order valence-electron chi connectivity index (χ4n) is 1.18. The first-order valence-electron chi connectivity index (χ1n) is 4.86. The number of carbonyl (C=O) groups excluding carboxylic acids is 1. The van der Waals surface area contributed by atoms with Gasteiger partial charge in [0.2, 0.25) is 0 Å². The molecule has 0 bridgehead atoms. The summed E-state index contributed by atoms with van der Waals surface area (Å²) < 4.78 is 23.9. The molecule has 0 aliphatic rings. The monoisotopic (exact) mass is 221 g/mol. The van der Waals surface area contributed by atoms with Gasteiger partial charge in [-0.25, -0.2) is 4.21 Å². The van der Waals surface area contributed by atoms with Crippen LogP contribution in [0, 0.1) is 5.92 Å². The molecule has 0 aromatic rings. The highest BCUT2D eigenvalue weighted by Crippen LogP contribution is 2.14. The van der Waals surface area contributed by atoms with Gasteiger partial charge in [-0.15, -0.1) is 0 Å². The zero-order chi connectivity index (χ0) is 11.0. The van der Waals surface area contributed by atoms with Crippen molar-refractivity contribution in [2.45, 2.75) is 46.0 Å². The lowest BCUT2D eigenvalue weighted by molar-refractivity contribution is -0.134. The molecule has 0 aromatic heterocycles. The molecule has 5 heteroatoms. The highest BCUT2D eigenvalue weighted by molar-refractivity contribution is 7.74. The molecule has 0 aliphatic heterocycles. The lowest BCUT2D eigenvalue weighted by Gasteiger charge is -2.10. The molecule has 0 saturated carbocycles. The van der Waals surface area contributed by atoms with Crippen LogP contribution in [0.1, 0.15) is 46.0 Å². The molecular formula is C9H17O4S-.